The number of nitrogens with zero attached hydrogens (tertiary/aromatic N) is 3. The molecule has 33 heavy (non-hydrogen) atoms. The van der Waals surface area contributed by atoms with Crippen LogP contribution in [0.1, 0.15) is 16.7 Å². The van der Waals surface area contributed by atoms with Crippen LogP contribution in [0.25, 0.3) is 0 Å². The summed E-state index contributed by atoms with van der Waals surface area (Å²) < 4.78 is 43.9. The van der Waals surface area contributed by atoms with E-state index >= 15 is 0 Å². The first-order valence-electron chi connectivity index (χ1n) is 9.24. The van der Waals surface area contributed by atoms with Crippen LogP contribution < -0.4 is 10.2 Å². The van der Waals surface area contributed by atoms with E-state index in [1.165, 1.54) is 18.3 Å². The lowest BCUT2D eigenvalue weighted by Crippen LogP contribution is -2.06. The first kappa shape index (κ1) is 23.2. The van der Waals surface area contributed by atoms with Crippen LogP contribution in [0.5, 0.6) is 5.75 Å². The number of nitro groups is 2. The van der Waals surface area contributed by atoms with Crippen LogP contribution in [0.4, 0.5) is 30.2 Å². The predicted octanol–water partition coefficient (Wildman–Crippen LogP) is 5.55. The zero-order valence-corrected chi connectivity index (χ0v) is 16.7. The van der Waals surface area contributed by atoms with Gasteiger partial charge in [0.1, 0.15) is 18.0 Å². The second-order valence-corrected chi connectivity index (χ2v) is 6.64. The van der Waals surface area contributed by atoms with Crippen molar-refractivity contribution in [2.24, 2.45) is 5.10 Å². The summed E-state index contributed by atoms with van der Waals surface area (Å²) >= 11 is 0. The van der Waals surface area contributed by atoms with Gasteiger partial charge in [-0.3, -0.25) is 25.7 Å². The van der Waals surface area contributed by atoms with Crippen molar-refractivity contribution in [3.05, 3.63) is 104 Å². The lowest BCUT2D eigenvalue weighted by atomic mass is 10.1. The minimum absolute atomic E-state index is 0.0161. The number of alkyl halides is 3. The zero-order valence-electron chi connectivity index (χ0n) is 16.7. The summed E-state index contributed by atoms with van der Waals surface area (Å²) in [6.45, 7) is 0.199. The molecule has 0 unspecified atom stereocenters. The van der Waals surface area contributed by atoms with E-state index in [0.717, 1.165) is 17.7 Å². The number of anilines is 1. The molecule has 3 rings (SSSR count). The Hall–Kier alpha value is -4.48. The Kier molecular flexibility index (Phi) is 6.86. The van der Waals surface area contributed by atoms with Crippen LogP contribution >= 0.6 is 0 Å². The topological polar surface area (TPSA) is 120 Å². The molecule has 0 saturated heterocycles. The van der Waals surface area contributed by atoms with E-state index in [1.807, 2.05) is 0 Å². The third kappa shape index (κ3) is 6.26. The van der Waals surface area contributed by atoms with Crippen molar-refractivity contribution in [1.82, 2.24) is 0 Å². The van der Waals surface area contributed by atoms with Gasteiger partial charge in [0.2, 0.25) is 0 Å². The molecule has 0 heterocycles. The van der Waals surface area contributed by atoms with Crippen molar-refractivity contribution in [1.29, 1.82) is 0 Å². The van der Waals surface area contributed by atoms with Gasteiger partial charge < -0.3 is 4.74 Å². The molecule has 0 aromatic heterocycles. The maximum atomic E-state index is 12.8. The Balaban J connectivity index is 1.60. The molecular weight excluding hydrogens is 445 g/mol. The number of benzene rings is 3. The smallest absolute Gasteiger partial charge is 0.416 e. The largest absolute Gasteiger partial charge is 0.489 e. The average molecular weight is 460 g/mol. The number of ether oxygens (including phenoxy) is 1. The van der Waals surface area contributed by atoms with Crippen molar-refractivity contribution >= 4 is 23.3 Å². The lowest BCUT2D eigenvalue weighted by Gasteiger charge is -2.08. The van der Waals surface area contributed by atoms with Gasteiger partial charge in [0.25, 0.3) is 11.4 Å². The maximum absolute atomic E-state index is 12.8. The monoisotopic (exact) mass is 460 g/mol. The second-order valence-electron chi connectivity index (χ2n) is 6.64. The van der Waals surface area contributed by atoms with Gasteiger partial charge in [-0.1, -0.05) is 0 Å². The molecule has 170 valence electrons. The summed E-state index contributed by atoms with van der Waals surface area (Å²) in [4.78, 5) is 20.3. The standard InChI is InChI=1S/C21H15F3N4O5/c22-21(23,24)16-5-10-19(20(11-16)28(31)32)26-25-12-14-3-8-18(9-4-14)33-13-15-1-6-17(7-2-15)27(29)30/h1-12,26H,13H2/b25-12-. The highest BCUT2D eigenvalue weighted by Gasteiger charge is 2.33. The lowest BCUT2D eigenvalue weighted by molar-refractivity contribution is -0.384. The van der Waals surface area contributed by atoms with Crippen LogP contribution in [0.3, 0.4) is 0 Å². The number of hydrogen-bond acceptors (Lipinski definition) is 7. The number of non-ortho nitro benzene ring substituents is 1. The maximum Gasteiger partial charge on any atom is 0.416 e. The number of nitrogens with one attached hydrogen (secondary N) is 1. The Bertz CT molecular complexity index is 1180. The molecule has 3 aromatic rings. The number of hydrogen-bond donors (Lipinski definition) is 1. The molecule has 3 aromatic carbocycles. The highest BCUT2D eigenvalue weighted by Crippen LogP contribution is 2.34. The summed E-state index contributed by atoms with van der Waals surface area (Å²) in [5.74, 6) is 0.525. The first-order valence-corrected chi connectivity index (χ1v) is 9.24. The Labute approximate surface area is 184 Å². The van der Waals surface area contributed by atoms with E-state index in [2.05, 4.69) is 10.5 Å². The molecule has 0 fully saturated rings. The molecule has 0 aliphatic rings. The fraction of sp³-hybridized carbons (Fsp3) is 0.0952. The van der Waals surface area contributed by atoms with Gasteiger partial charge in [0.05, 0.1) is 21.6 Å². The van der Waals surface area contributed by atoms with Crippen LogP contribution in [-0.2, 0) is 12.8 Å². The Morgan fingerprint density at radius 2 is 1.61 bits per heavy atom. The summed E-state index contributed by atoms with van der Waals surface area (Å²) in [5.41, 5.74) is 1.63. The third-order valence-electron chi connectivity index (χ3n) is 4.35. The van der Waals surface area contributed by atoms with Gasteiger partial charge in [-0.25, -0.2) is 0 Å². The van der Waals surface area contributed by atoms with Crippen molar-refractivity contribution < 1.29 is 27.8 Å². The third-order valence-corrected chi connectivity index (χ3v) is 4.35. The highest BCUT2D eigenvalue weighted by molar-refractivity contribution is 5.80. The number of rotatable bonds is 8. The molecule has 0 amide bonds. The summed E-state index contributed by atoms with van der Waals surface area (Å²) in [6, 6.07) is 14.6. The Morgan fingerprint density at radius 1 is 0.939 bits per heavy atom. The summed E-state index contributed by atoms with van der Waals surface area (Å²) in [6.07, 6.45) is -3.36. The number of halogens is 3. The van der Waals surface area contributed by atoms with Gasteiger partial charge in [-0.2, -0.15) is 18.3 Å². The van der Waals surface area contributed by atoms with E-state index in [0.29, 0.717) is 17.4 Å². The second kappa shape index (κ2) is 9.77. The normalized spacial score (nSPS) is 11.4. The van der Waals surface area contributed by atoms with Crippen molar-refractivity contribution in [3.63, 3.8) is 0 Å². The van der Waals surface area contributed by atoms with Crippen LogP contribution in [0.2, 0.25) is 0 Å². The molecule has 0 saturated carbocycles. The van der Waals surface area contributed by atoms with E-state index in [1.54, 1.807) is 36.4 Å². The zero-order chi connectivity index (χ0) is 24.0. The molecular formula is C21H15F3N4O5. The van der Waals surface area contributed by atoms with Crippen LogP contribution in [-0.4, -0.2) is 16.1 Å². The molecule has 0 spiro atoms. The van der Waals surface area contributed by atoms with E-state index in [-0.39, 0.29) is 18.0 Å². The molecule has 0 atom stereocenters. The quantitative estimate of drug-likeness (QED) is 0.267. The molecule has 12 heteroatoms. The van der Waals surface area contributed by atoms with Gasteiger partial charge in [-0.15, -0.1) is 0 Å². The fourth-order valence-corrected chi connectivity index (χ4v) is 2.66. The molecule has 0 bridgehead atoms. The number of hydrazone groups is 1. The van der Waals surface area contributed by atoms with Crippen LogP contribution in [0.15, 0.2) is 71.8 Å². The van der Waals surface area contributed by atoms with E-state index in [9.17, 15) is 33.4 Å². The molecule has 0 aliphatic heterocycles. The van der Waals surface area contributed by atoms with Crippen molar-refractivity contribution in [2.45, 2.75) is 12.8 Å². The summed E-state index contributed by atoms with van der Waals surface area (Å²) in [7, 11) is 0. The van der Waals surface area contributed by atoms with E-state index in [4.69, 9.17) is 4.74 Å². The van der Waals surface area contributed by atoms with Gasteiger partial charge in [-0.05, 0) is 59.7 Å². The minimum atomic E-state index is -4.70. The Morgan fingerprint density at radius 3 is 2.18 bits per heavy atom. The van der Waals surface area contributed by atoms with Crippen molar-refractivity contribution in [2.75, 3.05) is 5.43 Å². The van der Waals surface area contributed by atoms with Crippen LogP contribution in [0, 0.1) is 20.2 Å². The molecule has 1 N–H and O–H groups in total. The highest BCUT2D eigenvalue weighted by atomic mass is 19.4. The molecule has 9 nitrogen and oxygen atoms in total. The summed E-state index contributed by atoms with van der Waals surface area (Å²) in [5, 5.41) is 25.6. The van der Waals surface area contributed by atoms with Gasteiger partial charge in [0, 0.05) is 18.2 Å². The first-order chi connectivity index (χ1) is 15.6. The van der Waals surface area contributed by atoms with Gasteiger partial charge in [0.15, 0.2) is 0 Å². The minimum Gasteiger partial charge on any atom is -0.489 e. The fourth-order valence-electron chi connectivity index (χ4n) is 2.66. The molecule has 0 radical (unpaired) electrons. The van der Waals surface area contributed by atoms with Crippen molar-refractivity contribution in [3.8, 4) is 5.75 Å². The van der Waals surface area contributed by atoms with Gasteiger partial charge >= 0.3 is 6.18 Å². The predicted molar refractivity (Wildman–Crippen MR) is 113 cm³/mol. The number of nitro benzene ring substituents is 2. The van der Waals surface area contributed by atoms with E-state index < -0.39 is 27.3 Å². The molecule has 0 aliphatic carbocycles. The SMILES string of the molecule is O=[N+]([O-])c1ccc(COc2ccc(/C=N\Nc3ccc(C(F)(F)F)cc3[N+](=O)[O-])cc2)cc1. The average Bonchev–Trinajstić information content (AvgIpc) is 2.78.